The quantitative estimate of drug-likeness (QED) is 0.293. The molecule has 1 aliphatic heterocycles. The van der Waals surface area contributed by atoms with E-state index in [9.17, 15) is 19.1 Å². The van der Waals surface area contributed by atoms with Crippen molar-refractivity contribution in [2.45, 2.75) is 19.9 Å². The minimum Gasteiger partial charge on any atom is -0.507 e. The lowest BCUT2D eigenvalue weighted by atomic mass is 9.94. The van der Waals surface area contributed by atoms with E-state index in [1.54, 1.807) is 55.5 Å². The van der Waals surface area contributed by atoms with E-state index in [1.165, 1.54) is 23.1 Å². The van der Waals surface area contributed by atoms with E-state index < -0.39 is 23.5 Å². The molecule has 0 aromatic heterocycles. The molecule has 33 heavy (non-hydrogen) atoms. The summed E-state index contributed by atoms with van der Waals surface area (Å²) in [7, 11) is 0. The van der Waals surface area contributed by atoms with Crippen LogP contribution in [-0.2, 0) is 9.59 Å². The highest BCUT2D eigenvalue weighted by Gasteiger charge is 2.47. The van der Waals surface area contributed by atoms with E-state index in [0.29, 0.717) is 34.2 Å². The number of halogens is 2. The van der Waals surface area contributed by atoms with Gasteiger partial charge in [-0.05, 0) is 79.6 Å². The van der Waals surface area contributed by atoms with Crippen LogP contribution >= 0.6 is 11.6 Å². The van der Waals surface area contributed by atoms with E-state index in [-0.39, 0.29) is 16.9 Å². The van der Waals surface area contributed by atoms with Crippen LogP contribution in [0.1, 0.15) is 29.7 Å². The fourth-order valence-electron chi connectivity index (χ4n) is 3.88. The van der Waals surface area contributed by atoms with Gasteiger partial charge in [-0.2, -0.15) is 0 Å². The highest BCUT2D eigenvalue weighted by molar-refractivity contribution is 6.51. The molecule has 1 fully saturated rings. The first-order valence-electron chi connectivity index (χ1n) is 10.4. The summed E-state index contributed by atoms with van der Waals surface area (Å²) >= 11 is 6.04. The maximum Gasteiger partial charge on any atom is 0.300 e. The maximum absolute atomic E-state index is 13.8. The molecule has 3 aromatic carbocycles. The lowest BCUT2D eigenvalue weighted by Crippen LogP contribution is -2.29. The van der Waals surface area contributed by atoms with Crippen molar-refractivity contribution in [3.05, 3.63) is 99.8 Å². The monoisotopic (exact) mass is 465 g/mol. The molecule has 1 atom stereocenters. The Hall–Kier alpha value is -3.64. The van der Waals surface area contributed by atoms with Crippen LogP contribution in [0.25, 0.3) is 5.76 Å². The van der Waals surface area contributed by atoms with Crippen molar-refractivity contribution >= 4 is 34.7 Å². The number of ketones is 1. The van der Waals surface area contributed by atoms with E-state index in [0.717, 1.165) is 0 Å². The number of carbonyl (C=O) groups excluding carboxylic acids is 2. The molecule has 1 heterocycles. The molecule has 0 aliphatic carbocycles. The molecular formula is C26H21ClFNO4. The highest BCUT2D eigenvalue weighted by atomic mass is 35.5. The third-order valence-electron chi connectivity index (χ3n) is 5.49. The molecule has 0 bridgehead atoms. The Morgan fingerprint density at radius 1 is 1.06 bits per heavy atom. The molecule has 0 spiro atoms. The number of ether oxygens (including phenoxy) is 1. The van der Waals surface area contributed by atoms with Crippen molar-refractivity contribution in [2.75, 3.05) is 11.5 Å². The molecule has 5 nitrogen and oxygen atoms in total. The van der Waals surface area contributed by atoms with Gasteiger partial charge in [-0.15, -0.1) is 0 Å². The summed E-state index contributed by atoms with van der Waals surface area (Å²) in [6, 6.07) is 16.6. The highest BCUT2D eigenvalue weighted by Crippen LogP contribution is 2.42. The molecule has 0 saturated carbocycles. The van der Waals surface area contributed by atoms with Crippen molar-refractivity contribution in [3.63, 3.8) is 0 Å². The second-order valence-corrected chi connectivity index (χ2v) is 8.05. The van der Waals surface area contributed by atoms with Crippen molar-refractivity contribution in [1.82, 2.24) is 0 Å². The number of nitrogens with zero attached hydrogens (tertiary/aromatic N) is 1. The van der Waals surface area contributed by atoms with Crippen LogP contribution in [0.5, 0.6) is 5.75 Å². The summed E-state index contributed by atoms with van der Waals surface area (Å²) < 4.78 is 19.2. The van der Waals surface area contributed by atoms with E-state index in [2.05, 4.69) is 0 Å². The predicted molar refractivity (Wildman–Crippen MR) is 125 cm³/mol. The zero-order chi connectivity index (χ0) is 23.7. The van der Waals surface area contributed by atoms with Gasteiger partial charge in [-0.25, -0.2) is 4.39 Å². The van der Waals surface area contributed by atoms with Crippen molar-refractivity contribution < 1.29 is 23.8 Å². The van der Waals surface area contributed by atoms with Gasteiger partial charge in [0.1, 0.15) is 17.3 Å². The largest absolute Gasteiger partial charge is 0.507 e. The Morgan fingerprint density at radius 3 is 2.33 bits per heavy atom. The molecule has 4 rings (SSSR count). The fraction of sp³-hybridized carbons (Fsp3) is 0.154. The van der Waals surface area contributed by atoms with Crippen LogP contribution in [0.15, 0.2) is 72.3 Å². The molecule has 1 unspecified atom stereocenters. The van der Waals surface area contributed by atoms with Crippen LogP contribution in [-0.4, -0.2) is 23.4 Å². The van der Waals surface area contributed by atoms with Gasteiger partial charge in [0.2, 0.25) is 0 Å². The molecule has 1 amide bonds. The smallest absolute Gasteiger partial charge is 0.300 e. The van der Waals surface area contributed by atoms with Crippen LogP contribution in [0.3, 0.4) is 0 Å². The predicted octanol–water partition coefficient (Wildman–Crippen LogP) is 5.81. The van der Waals surface area contributed by atoms with E-state index >= 15 is 0 Å². The maximum atomic E-state index is 13.8. The van der Waals surface area contributed by atoms with Crippen molar-refractivity contribution in [3.8, 4) is 5.75 Å². The number of hydrogen-bond acceptors (Lipinski definition) is 4. The number of Topliss-reactive ketones (excluding diaryl/α,β-unsaturated/α-hetero) is 1. The number of amides is 1. The molecule has 168 valence electrons. The van der Waals surface area contributed by atoms with Crippen LogP contribution < -0.4 is 9.64 Å². The Labute approximate surface area is 195 Å². The number of aliphatic hydroxyl groups is 1. The standard InChI is InChI=1S/C26H21ClFNO4/c1-3-33-20-11-9-19(10-12-20)29-23(16-4-7-18(27)8-5-16)22(25(31)26(29)32)24(30)17-6-13-21(28)15(2)14-17/h4-14,23,30H,3H2,1-2H3/b24-22-. The summed E-state index contributed by atoms with van der Waals surface area (Å²) in [5.74, 6) is -1.79. The Balaban J connectivity index is 1.89. The number of carbonyl (C=O) groups is 2. The number of anilines is 1. The van der Waals surface area contributed by atoms with Gasteiger partial charge in [-0.1, -0.05) is 23.7 Å². The summed E-state index contributed by atoms with van der Waals surface area (Å²) in [6.07, 6.45) is 0. The zero-order valence-electron chi connectivity index (χ0n) is 18.0. The average Bonchev–Trinajstić information content (AvgIpc) is 3.07. The number of hydrogen-bond donors (Lipinski definition) is 1. The molecule has 1 N–H and O–H groups in total. The third-order valence-corrected chi connectivity index (χ3v) is 5.74. The summed E-state index contributed by atoms with van der Waals surface area (Å²) in [5.41, 5.74) is 1.53. The fourth-order valence-corrected chi connectivity index (χ4v) is 4.00. The first kappa shape index (κ1) is 22.6. The Morgan fingerprint density at radius 2 is 1.73 bits per heavy atom. The van der Waals surface area contributed by atoms with Gasteiger partial charge in [0.15, 0.2) is 0 Å². The summed E-state index contributed by atoms with van der Waals surface area (Å²) in [4.78, 5) is 27.6. The summed E-state index contributed by atoms with van der Waals surface area (Å²) in [5, 5.41) is 11.6. The average molecular weight is 466 g/mol. The molecule has 7 heteroatoms. The Bertz CT molecular complexity index is 1250. The zero-order valence-corrected chi connectivity index (χ0v) is 18.8. The Kier molecular flexibility index (Phi) is 6.20. The number of aryl methyl sites for hydroxylation is 1. The first-order valence-corrected chi connectivity index (χ1v) is 10.8. The number of benzene rings is 3. The molecule has 3 aromatic rings. The first-order chi connectivity index (χ1) is 15.8. The second kappa shape index (κ2) is 9.08. The van der Waals surface area contributed by atoms with Crippen LogP contribution in [0.2, 0.25) is 5.02 Å². The van der Waals surface area contributed by atoms with Crippen LogP contribution in [0.4, 0.5) is 10.1 Å². The molecule has 0 radical (unpaired) electrons. The normalized spacial score (nSPS) is 17.5. The van der Waals surface area contributed by atoms with Gasteiger partial charge < -0.3 is 9.84 Å². The SMILES string of the molecule is CCOc1ccc(N2C(=O)C(=O)/C(=C(\O)c3ccc(F)c(C)c3)C2c2ccc(Cl)cc2)cc1. The molecule has 1 saturated heterocycles. The topological polar surface area (TPSA) is 66.8 Å². The van der Waals surface area contributed by atoms with Crippen molar-refractivity contribution in [2.24, 2.45) is 0 Å². The number of rotatable bonds is 5. The van der Waals surface area contributed by atoms with Gasteiger partial charge in [-0.3, -0.25) is 14.5 Å². The van der Waals surface area contributed by atoms with Crippen molar-refractivity contribution in [1.29, 1.82) is 0 Å². The van der Waals surface area contributed by atoms with Crippen LogP contribution in [0, 0.1) is 12.7 Å². The van der Waals surface area contributed by atoms with Gasteiger partial charge in [0, 0.05) is 16.3 Å². The molecule has 1 aliphatic rings. The lowest BCUT2D eigenvalue weighted by Gasteiger charge is -2.25. The minimum absolute atomic E-state index is 0.0813. The lowest BCUT2D eigenvalue weighted by molar-refractivity contribution is -0.132. The third kappa shape index (κ3) is 4.22. The molecular weight excluding hydrogens is 445 g/mol. The minimum atomic E-state index is -0.898. The van der Waals surface area contributed by atoms with E-state index in [4.69, 9.17) is 16.3 Å². The van der Waals surface area contributed by atoms with Gasteiger partial charge in [0.05, 0.1) is 18.2 Å². The van der Waals surface area contributed by atoms with Gasteiger partial charge in [0.25, 0.3) is 11.7 Å². The van der Waals surface area contributed by atoms with E-state index in [1.807, 2.05) is 6.92 Å². The van der Waals surface area contributed by atoms with Gasteiger partial charge >= 0.3 is 0 Å². The summed E-state index contributed by atoms with van der Waals surface area (Å²) in [6.45, 7) is 3.91. The second-order valence-electron chi connectivity index (χ2n) is 7.61. The number of aliphatic hydroxyl groups excluding tert-OH is 1.